The zero-order chi connectivity index (χ0) is 23.0. The summed E-state index contributed by atoms with van der Waals surface area (Å²) in [5, 5.41) is 6.72. The summed E-state index contributed by atoms with van der Waals surface area (Å²) in [6.07, 6.45) is 7.91. The molecule has 33 heavy (non-hydrogen) atoms. The second kappa shape index (κ2) is 10.8. The topological polar surface area (TPSA) is 98.3 Å². The van der Waals surface area contributed by atoms with Crippen LogP contribution in [0.25, 0.3) is 0 Å². The molecule has 0 saturated heterocycles. The van der Waals surface area contributed by atoms with Gasteiger partial charge in [0, 0.05) is 17.3 Å². The quantitative estimate of drug-likeness (QED) is 0.337. The molecule has 0 amide bonds. The third-order valence-corrected chi connectivity index (χ3v) is 5.68. The fourth-order valence-electron chi connectivity index (χ4n) is 3.93. The lowest BCUT2D eigenvalue weighted by Crippen LogP contribution is -2.20. The SMILES string of the molecule is COc1ccc(Nc2nc(NC3CCCCCC3)nc(Oc3ccc(C=O)cc3)n2)cc1C. The van der Waals surface area contributed by atoms with Crippen LogP contribution in [0.4, 0.5) is 17.6 Å². The Morgan fingerprint density at radius 3 is 2.33 bits per heavy atom. The van der Waals surface area contributed by atoms with Crippen molar-refractivity contribution in [2.45, 2.75) is 51.5 Å². The third kappa shape index (κ3) is 6.19. The average Bonchev–Trinajstić information content (AvgIpc) is 3.08. The first kappa shape index (κ1) is 22.5. The highest BCUT2D eigenvalue weighted by Crippen LogP contribution is 2.26. The van der Waals surface area contributed by atoms with Crippen LogP contribution in [0.15, 0.2) is 42.5 Å². The van der Waals surface area contributed by atoms with Gasteiger partial charge in [0.1, 0.15) is 17.8 Å². The van der Waals surface area contributed by atoms with Crippen molar-refractivity contribution in [3.05, 3.63) is 53.6 Å². The standard InChI is InChI=1S/C25H29N5O3/c1-17-15-20(11-14-22(17)32-2)27-24-28-23(26-19-7-5-3-4-6-8-19)29-25(30-24)33-21-12-9-18(16-31)10-13-21/h9-16,19H,3-8H2,1-2H3,(H2,26,27,28,29,30). The summed E-state index contributed by atoms with van der Waals surface area (Å²) in [5.74, 6) is 2.21. The van der Waals surface area contributed by atoms with Crippen LogP contribution >= 0.6 is 0 Å². The lowest BCUT2D eigenvalue weighted by atomic mass is 10.1. The lowest BCUT2D eigenvalue weighted by Gasteiger charge is -2.17. The highest BCUT2D eigenvalue weighted by Gasteiger charge is 2.16. The Bertz CT molecular complexity index is 1080. The number of hydrogen-bond donors (Lipinski definition) is 2. The molecule has 1 heterocycles. The fourth-order valence-corrected chi connectivity index (χ4v) is 3.93. The van der Waals surface area contributed by atoms with Crippen molar-refractivity contribution < 1.29 is 14.3 Å². The molecule has 0 unspecified atom stereocenters. The van der Waals surface area contributed by atoms with E-state index in [4.69, 9.17) is 9.47 Å². The number of aromatic nitrogens is 3. The number of anilines is 3. The van der Waals surface area contributed by atoms with Gasteiger partial charge in [-0.15, -0.1) is 0 Å². The van der Waals surface area contributed by atoms with Gasteiger partial charge in [-0.25, -0.2) is 0 Å². The first-order valence-corrected chi connectivity index (χ1v) is 11.3. The molecular formula is C25H29N5O3. The van der Waals surface area contributed by atoms with E-state index in [0.29, 0.717) is 29.3 Å². The highest BCUT2D eigenvalue weighted by molar-refractivity contribution is 5.74. The van der Waals surface area contributed by atoms with E-state index >= 15 is 0 Å². The van der Waals surface area contributed by atoms with E-state index in [0.717, 1.165) is 36.1 Å². The summed E-state index contributed by atoms with van der Waals surface area (Å²) in [4.78, 5) is 24.5. The Balaban J connectivity index is 1.59. The number of rotatable bonds is 8. The monoisotopic (exact) mass is 447 g/mol. The second-order valence-electron chi connectivity index (χ2n) is 8.20. The summed E-state index contributed by atoms with van der Waals surface area (Å²) in [5.41, 5.74) is 2.41. The van der Waals surface area contributed by atoms with Crippen molar-refractivity contribution in [1.29, 1.82) is 0 Å². The van der Waals surface area contributed by atoms with Crippen molar-refractivity contribution >= 4 is 23.9 Å². The molecule has 1 aromatic heterocycles. The first-order chi connectivity index (χ1) is 16.1. The Morgan fingerprint density at radius 1 is 0.939 bits per heavy atom. The summed E-state index contributed by atoms with van der Waals surface area (Å²) in [6, 6.07) is 13.1. The number of aryl methyl sites for hydroxylation is 1. The normalized spacial score (nSPS) is 14.2. The molecule has 2 aromatic carbocycles. The van der Waals surface area contributed by atoms with Crippen molar-refractivity contribution in [3.63, 3.8) is 0 Å². The van der Waals surface area contributed by atoms with Crippen molar-refractivity contribution in [2.24, 2.45) is 0 Å². The minimum absolute atomic E-state index is 0.174. The van der Waals surface area contributed by atoms with Crippen LogP contribution in [-0.2, 0) is 0 Å². The molecule has 1 fully saturated rings. The van der Waals surface area contributed by atoms with Crippen LogP contribution in [-0.4, -0.2) is 34.4 Å². The Morgan fingerprint density at radius 2 is 1.67 bits per heavy atom. The van der Waals surface area contributed by atoms with Crippen molar-refractivity contribution in [1.82, 2.24) is 15.0 Å². The molecule has 0 aliphatic heterocycles. The molecule has 172 valence electrons. The summed E-state index contributed by atoms with van der Waals surface area (Å²) >= 11 is 0. The van der Waals surface area contributed by atoms with Crippen LogP contribution in [0.1, 0.15) is 54.4 Å². The van der Waals surface area contributed by atoms with Gasteiger partial charge >= 0.3 is 6.01 Å². The fraction of sp³-hybridized carbons (Fsp3) is 0.360. The highest BCUT2D eigenvalue weighted by atomic mass is 16.5. The van der Waals surface area contributed by atoms with Crippen molar-refractivity contribution in [3.8, 4) is 17.5 Å². The van der Waals surface area contributed by atoms with Gasteiger partial charge in [-0.1, -0.05) is 25.7 Å². The molecule has 0 bridgehead atoms. The number of hydrogen-bond acceptors (Lipinski definition) is 8. The molecule has 1 aliphatic carbocycles. The predicted molar refractivity (Wildman–Crippen MR) is 128 cm³/mol. The van der Waals surface area contributed by atoms with Gasteiger partial charge in [-0.3, -0.25) is 4.79 Å². The van der Waals surface area contributed by atoms with Crippen LogP contribution in [0.3, 0.4) is 0 Å². The van der Waals surface area contributed by atoms with Crippen LogP contribution < -0.4 is 20.1 Å². The van der Waals surface area contributed by atoms with Crippen LogP contribution in [0, 0.1) is 6.92 Å². The molecule has 3 aromatic rings. The average molecular weight is 448 g/mol. The van der Waals surface area contributed by atoms with Gasteiger partial charge in [0.15, 0.2) is 0 Å². The van der Waals surface area contributed by atoms with E-state index < -0.39 is 0 Å². The first-order valence-electron chi connectivity index (χ1n) is 11.3. The number of carbonyl (C=O) groups is 1. The van der Waals surface area contributed by atoms with E-state index in [1.165, 1.54) is 25.7 Å². The van der Waals surface area contributed by atoms with E-state index in [1.807, 2.05) is 25.1 Å². The zero-order valence-corrected chi connectivity index (χ0v) is 19.0. The molecule has 4 rings (SSSR count). The van der Waals surface area contributed by atoms with Gasteiger partial charge < -0.3 is 20.1 Å². The summed E-state index contributed by atoms with van der Waals surface area (Å²) in [7, 11) is 1.65. The molecule has 1 aliphatic rings. The van der Waals surface area contributed by atoms with E-state index in [9.17, 15) is 4.79 Å². The Kier molecular flexibility index (Phi) is 7.34. The Hall–Kier alpha value is -3.68. The number of nitrogens with zero attached hydrogens (tertiary/aromatic N) is 3. The zero-order valence-electron chi connectivity index (χ0n) is 19.0. The number of methoxy groups -OCH3 is 1. The van der Waals surface area contributed by atoms with Crippen LogP contribution in [0.5, 0.6) is 17.5 Å². The summed E-state index contributed by atoms with van der Waals surface area (Å²) in [6.45, 7) is 1.98. The Labute approximate surface area is 193 Å². The molecule has 2 N–H and O–H groups in total. The maximum Gasteiger partial charge on any atom is 0.328 e. The molecular weight excluding hydrogens is 418 g/mol. The van der Waals surface area contributed by atoms with E-state index in [2.05, 4.69) is 25.6 Å². The van der Waals surface area contributed by atoms with Gasteiger partial charge in [0.2, 0.25) is 11.9 Å². The minimum atomic E-state index is 0.174. The van der Waals surface area contributed by atoms with E-state index in [1.54, 1.807) is 31.4 Å². The second-order valence-corrected chi connectivity index (χ2v) is 8.20. The molecule has 0 radical (unpaired) electrons. The number of nitrogens with one attached hydrogen (secondary N) is 2. The maximum atomic E-state index is 10.9. The molecule has 0 atom stereocenters. The molecule has 1 saturated carbocycles. The maximum absolute atomic E-state index is 10.9. The third-order valence-electron chi connectivity index (χ3n) is 5.68. The molecule has 0 spiro atoms. The summed E-state index contributed by atoms with van der Waals surface area (Å²) < 4.78 is 11.2. The molecule has 8 nitrogen and oxygen atoms in total. The number of ether oxygens (including phenoxy) is 2. The minimum Gasteiger partial charge on any atom is -0.496 e. The van der Waals surface area contributed by atoms with Gasteiger partial charge in [-0.2, -0.15) is 15.0 Å². The largest absolute Gasteiger partial charge is 0.496 e. The number of benzene rings is 2. The van der Waals surface area contributed by atoms with Gasteiger partial charge in [0.05, 0.1) is 7.11 Å². The van der Waals surface area contributed by atoms with E-state index in [-0.39, 0.29) is 6.01 Å². The smallest absolute Gasteiger partial charge is 0.328 e. The van der Waals surface area contributed by atoms with Gasteiger partial charge in [-0.05, 0) is 67.8 Å². The lowest BCUT2D eigenvalue weighted by molar-refractivity contribution is 0.112. The van der Waals surface area contributed by atoms with Gasteiger partial charge in [0.25, 0.3) is 0 Å². The van der Waals surface area contributed by atoms with Crippen LogP contribution in [0.2, 0.25) is 0 Å². The predicted octanol–water partition coefficient (Wildman–Crippen LogP) is 5.67. The number of aldehydes is 1. The molecule has 8 heteroatoms. The number of carbonyl (C=O) groups excluding carboxylic acids is 1. The van der Waals surface area contributed by atoms with Crippen molar-refractivity contribution in [2.75, 3.05) is 17.7 Å².